The molecule has 1 heterocycles. The van der Waals surface area contributed by atoms with Crippen LogP contribution in [0.25, 0.3) is 0 Å². The Hall–Kier alpha value is -0.900. The van der Waals surface area contributed by atoms with Gasteiger partial charge in [0.25, 0.3) is 0 Å². The molecule has 0 bridgehead atoms. The van der Waals surface area contributed by atoms with Crippen molar-refractivity contribution in [2.45, 2.75) is 77.2 Å². The van der Waals surface area contributed by atoms with Crippen molar-refractivity contribution in [3.63, 3.8) is 0 Å². The Morgan fingerprint density at radius 2 is 2.14 bits per heavy atom. The summed E-state index contributed by atoms with van der Waals surface area (Å²) in [5.74, 6) is 3.94. The fourth-order valence-corrected chi connectivity index (χ4v) is 3.61. The fourth-order valence-electron chi connectivity index (χ4n) is 3.61. The topological polar surface area (TPSA) is 51.0 Å². The molecule has 0 aromatic carbocycles. The zero-order valence-corrected chi connectivity index (χ0v) is 13.5. The van der Waals surface area contributed by atoms with Gasteiger partial charge in [-0.1, -0.05) is 31.8 Å². The summed E-state index contributed by atoms with van der Waals surface area (Å²) in [4.78, 5) is 4.71. The molecule has 1 aromatic rings. The van der Waals surface area contributed by atoms with Crippen LogP contribution in [0.4, 0.5) is 0 Å². The first-order chi connectivity index (χ1) is 10.3. The van der Waals surface area contributed by atoms with Gasteiger partial charge in [-0.3, -0.25) is 0 Å². The first-order valence-electron chi connectivity index (χ1n) is 8.82. The molecule has 3 atom stereocenters. The van der Waals surface area contributed by atoms with Gasteiger partial charge in [-0.25, -0.2) is 0 Å². The predicted octanol–water partition coefficient (Wildman–Crippen LogP) is 3.68. The summed E-state index contributed by atoms with van der Waals surface area (Å²) in [6.45, 7) is 5.64. The van der Waals surface area contributed by atoms with E-state index in [9.17, 15) is 0 Å². The van der Waals surface area contributed by atoms with Crippen molar-refractivity contribution in [3.8, 4) is 0 Å². The van der Waals surface area contributed by atoms with Crippen LogP contribution in [0, 0.1) is 11.8 Å². The molecule has 4 heteroatoms. The molecule has 21 heavy (non-hydrogen) atoms. The molecule has 4 nitrogen and oxygen atoms in total. The van der Waals surface area contributed by atoms with Crippen molar-refractivity contribution < 1.29 is 4.52 Å². The maximum absolute atomic E-state index is 5.54. The van der Waals surface area contributed by atoms with Gasteiger partial charge in [0.2, 0.25) is 5.89 Å². The quantitative estimate of drug-likeness (QED) is 0.832. The molecule has 2 aliphatic rings. The Kier molecular flexibility index (Phi) is 4.94. The van der Waals surface area contributed by atoms with E-state index >= 15 is 0 Å². The standard InChI is InChI=1S/C17H29N3O/c1-3-9-18-15(13-7-8-13)11-16-19-17(20-21-16)14-6-4-5-12(2)10-14/h12-15,18H,3-11H2,1-2H3. The van der Waals surface area contributed by atoms with Gasteiger partial charge in [0.15, 0.2) is 5.82 Å². The van der Waals surface area contributed by atoms with E-state index in [4.69, 9.17) is 9.51 Å². The third-order valence-electron chi connectivity index (χ3n) is 5.03. The first kappa shape index (κ1) is 15.0. The van der Waals surface area contributed by atoms with Crippen molar-refractivity contribution in [3.05, 3.63) is 11.7 Å². The van der Waals surface area contributed by atoms with Crippen LogP contribution in [-0.2, 0) is 6.42 Å². The Morgan fingerprint density at radius 1 is 1.29 bits per heavy atom. The summed E-state index contributed by atoms with van der Waals surface area (Å²) in [7, 11) is 0. The van der Waals surface area contributed by atoms with E-state index in [-0.39, 0.29) is 0 Å². The van der Waals surface area contributed by atoms with E-state index in [0.717, 1.165) is 36.5 Å². The van der Waals surface area contributed by atoms with Crippen molar-refractivity contribution in [2.75, 3.05) is 6.54 Å². The Balaban J connectivity index is 1.58. The molecule has 118 valence electrons. The van der Waals surface area contributed by atoms with Crippen molar-refractivity contribution in [1.29, 1.82) is 0 Å². The monoisotopic (exact) mass is 291 g/mol. The van der Waals surface area contributed by atoms with Crippen LogP contribution < -0.4 is 5.32 Å². The maximum atomic E-state index is 5.54. The van der Waals surface area contributed by atoms with E-state index in [2.05, 4.69) is 24.3 Å². The minimum atomic E-state index is 0.522. The van der Waals surface area contributed by atoms with Crippen LogP contribution in [0.5, 0.6) is 0 Å². The third kappa shape index (κ3) is 4.06. The highest BCUT2D eigenvalue weighted by Crippen LogP contribution is 2.36. The minimum absolute atomic E-state index is 0.522. The highest BCUT2D eigenvalue weighted by Gasteiger charge is 2.32. The van der Waals surface area contributed by atoms with Gasteiger partial charge < -0.3 is 9.84 Å². The van der Waals surface area contributed by atoms with Gasteiger partial charge in [-0.05, 0) is 50.5 Å². The molecule has 0 amide bonds. The second-order valence-corrected chi connectivity index (χ2v) is 7.12. The summed E-state index contributed by atoms with van der Waals surface area (Å²) >= 11 is 0. The van der Waals surface area contributed by atoms with Gasteiger partial charge in [-0.15, -0.1) is 0 Å². The second kappa shape index (κ2) is 6.91. The maximum Gasteiger partial charge on any atom is 0.228 e. The SMILES string of the molecule is CCCNC(Cc1nc(C2CCCC(C)C2)no1)C1CC1. The molecule has 0 saturated heterocycles. The van der Waals surface area contributed by atoms with Crippen LogP contribution in [0.1, 0.15) is 76.4 Å². The van der Waals surface area contributed by atoms with Crippen molar-refractivity contribution in [2.24, 2.45) is 11.8 Å². The van der Waals surface area contributed by atoms with E-state index in [0.29, 0.717) is 12.0 Å². The molecular weight excluding hydrogens is 262 g/mol. The lowest BCUT2D eigenvalue weighted by Gasteiger charge is -2.23. The Labute approximate surface area is 128 Å². The minimum Gasteiger partial charge on any atom is -0.339 e. The van der Waals surface area contributed by atoms with Gasteiger partial charge in [0.05, 0.1) is 0 Å². The average Bonchev–Trinajstić information content (AvgIpc) is 3.22. The lowest BCUT2D eigenvalue weighted by molar-refractivity contribution is 0.315. The molecule has 0 spiro atoms. The zero-order valence-electron chi connectivity index (χ0n) is 13.5. The van der Waals surface area contributed by atoms with Crippen LogP contribution in [-0.4, -0.2) is 22.7 Å². The zero-order chi connectivity index (χ0) is 14.7. The van der Waals surface area contributed by atoms with Gasteiger partial charge in [0, 0.05) is 18.4 Å². The second-order valence-electron chi connectivity index (χ2n) is 7.12. The molecule has 1 aromatic heterocycles. The van der Waals surface area contributed by atoms with Gasteiger partial charge >= 0.3 is 0 Å². The number of hydrogen-bond donors (Lipinski definition) is 1. The Bertz CT molecular complexity index is 441. The van der Waals surface area contributed by atoms with E-state index in [1.165, 1.54) is 44.9 Å². The molecule has 3 rings (SSSR count). The van der Waals surface area contributed by atoms with Crippen LogP contribution in [0.2, 0.25) is 0 Å². The van der Waals surface area contributed by atoms with E-state index < -0.39 is 0 Å². The first-order valence-corrected chi connectivity index (χ1v) is 8.82. The lowest BCUT2D eigenvalue weighted by Crippen LogP contribution is -2.33. The molecule has 1 N–H and O–H groups in total. The molecular formula is C17H29N3O. The highest BCUT2D eigenvalue weighted by molar-refractivity contribution is 5.00. The number of hydrogen-bond acceptors (Lipinski definition) is 4. The van der Waals surface area contributed by atoms with Gasteiger partial charge in [0.1, 0.15) is 0 Å². The summed E-state index contributed by atoms with van der Waals surface area (Å²) in [5, 5.41) is 7.92. The molecule has 0 aliphatic heterocycles. The largest absolute Gasteiger partial charge is 0.339 e. The molecule has 2 aliphatic carbocycles. The van der Waals surface area contributed by atoms with E-state index in [1.807, 2.05) is 0 Å². The van der Waals surface area contributed by atoms with Gasteiger partial charge in [-0.2, -0.15) is 4.98 Å². The lowest BCUT2D eigenvalue weighted by atomic mass is 9.82. The smallest absolute Gasteiger partial charge is 0.228 e. The normalized spacial score (nSPS) is 27.7. The van der Waals surface area contributed by atoms with Crippen LogP contribution in [0.15, 0.2) is 4.52 Å². The summed E-state index contributed by atoms with van der Waals surface area (Å²) in [6.07, 6.45) is 9.89. The molecule has 2 fully saturated rings. The molecule has 2 saturated carbocycles. The summed E-state index contributed by atoms with van der Waals surface area (Å²) in [5.41, 5.74) is 0. The number of aromatic nitrogens is 2. The Morgan fingerprint density at radius 3 is 2.86 bits per heavy atom. The number of nitrogens with one attached hydrogen (secondary N) is 1. The van der Waals surface area contributed by atoms with Crippen molar-refractivity contribution in [1.82, 2.24) is 15.5 Å². The summed E-state index contributed by atoms with van der Waals surface area (Å²) in [6, 6.07) is 0.531. The number of rotatable bonds is 7. The predicted molar refractivity (Wildman–Crippen MR) is 83.2 cm³/mol. The third-order valence-corrected chi connectivity index (χ3v) is 5.03. The van der Waals surface area contributed by atoms with Crippen LogP contribution in [0.3, 0.4) is 0 Å². The average molecular weight is 291 g/mol. The number of nitrogens with zero attached hydrogens (tertiary/aromatic N) is 2. The van der Waals surface area contributed by atoms with Crippen molar-refractivity contribution >= 4 is 0 Å². The van der Waals surface area contributed by atoms with E-state index in [1.54, 1.807) is 0 Å². The van der Waals surface area contributed by atoms with Crippen LogP contribution >= 0.6 is 0 Å². The molecule has 3 unspecified atom stereocenters. The fraction of sp³-hybridized carbons (Fsp3) is 0.882. The highest BCUT2D eigenvalue weighted by atomic mass is 16.5. The summed E-state index contributed by atoms with van der Waals surface area (Å²) < 4.78 is 5.54. The molecule has 0 radical (unpaired) electrons.